The van der Waals surface area contributed by atoms with E-state index in [2.05, 4.69) is 16.9 Å². The van der Waals surface area contributed by atoms with Crippen LogP contribution in [0.25, 0.3) is 0 Å². The molecule has 0 aliphatic rings. The van der Waals surface area contributed by atoms with Crippen molar-refractivity contribution in [2.24, 2.45) is 0 Å². The normalized spacial score (nSPS) is 11.1. The van der Waals surface area contributed by atoms with Crippen LogP contribution in [-0.2, 0) is 11.3 Å². The van der Waals surface area contributed by atoms with Gasteiger partial charge in [-0.1, -0.05) is 0 Å². The molecule has 0 radical (unpaired) electrons. The summed E-state index contributed by atoms with van der Waals surface area (Å²) in [5, 5.41) is 1.14. The SMILES string of the molecule is CCOCCN(C)Cc1cnc(C)s1. The molecule has 0 aliphatic heterocycles. The third-order valence-electron chi connectivity index (χ3n) is 1.92. The summed E-state index contributed by atoms with van der Waals surface area (Å²) < 4.78 is 5.29. The summed E-state index contributed by atoms with van der Waals surface area (Å²) in [6.07, 6.45) is 1.96. The van der Waals surface area contributed by atoms with Gasteiger partial charge in [0.25, 0.3) is 0 Å². The maximum Gasteiger partial charge on any atom is 0.0897 e. The minimum atomic E-state index is 0.799. The van der Waals surface area contributed by atoms with Gasteiger partial charge in [-0.3, -0.25) is 4.90 Å². The van der Waals surface area contributed by atoms with E-state index in [1.54, 1.807) is 11.3 Å². The van der Waals surface area contributed by atoms with Crippen molar-refractivity contribution >= 4 is 11.3 Å². The Kier molecular flexibility index (Phi) is 5.07. The van der Waals surface area contributed by atoms with Crippen LogP contribution in [0.2, 0.25) is 0 Å². The molecular weight excluding hydrogens is 196 g/mol. The van der Waals surface area contributed by atoms with Gasteiger partial charge in [-0.05, 0) is 20.9 Å². The van der Waals surface area contributed by atoms with Gasteiger partial charge >= 0.3 is 0 Å². The van der Waals surface area contributed by atoms with Gasteiger partial charge in [-0.15, -0.1) is 11.3 Å². The number of nitrogens with zero attached hydrogens (tertiary/aromatic N) is 2. The molecule has 4 heteroatoms. The Labute approximate surface area is 89.7 Å². The maximum atomic E-state index is 5.29. The molecule has 0 N–H and O–H groups in total. The Bertz CT molecular complexity index is 262. The number of hydrogen-bond donors (Lipinski definition) is 0. The monoisotopic (exact) mass is 214 g/mol. The molecule has 1 aromatic heterocycles. The lowest BCUT2D eigenvalue weighted by molar-refractivity contribution is 0.120. The molecule has 0 fully saturated rings. The van der Waals surface area contributed by atoms with E-state index in [1.807, 2.05) is 20.0 Å². The Hall–Kier alpha value is -0.450. The van der Waals surface area contributed by atoms with Crippen LogP contribution in [0.1, 0.15) is 16.8 Å². The molecule has 0 saturated heterocycles. The first-order chi connectivity index (χ1) is 6.72. The van der Waals surface area contributed by atoms with Gasteiger partial charge in [0.05, 0.1) is 11.6 Å². The average Bonchev–Trinajstić information content (AvgIpc) is 2.52. The number of hydrogen-bond acceptors (Lipinski definition) is 4. The fraction of sp³-hybridized carbons (Fsp3) is 0.700. The molecule has 14 heavy (non-hydrogen) atoms. The molecule has 0 aliphatic carbocycles. The predicted octanol–water partition coefficient (Wildman–Crippen LogP) is 1.92. The third kappa shape index (κ3) is 4.17. The van der Waals surface area contributed by atoms with Gasteiger partial charge in [-0.2, -0.15) is 0 Å². The van der Waals surface area contributed by atoms with Crippen LogP contribution in [0.15, 0.2) is 6.20 Å². The molecule has 0 aromatic carbocycles. The van der Waals surface area contributed by atoms with Crippen molar-refractivity contribution in [3.8, 4) is 0 Å². The summed E-state index contributed by atoms with van der Waals surface area (Å²) >= 11 is 1.76. The molecule has 0 spiro atoms. The zero-order chi connectivity index (χ0) is 10.4. The minimum absolute atomic E-state index is 0.799. The number of likely N-dealkylation sites (N-methyl/N-ethyl adjacent to an activating group) is 1. The summed E-state index contributed by atoms with van der Waals surface area (Å²) in [6.45, 7) is 7.61. The van der Waals surface area contributed by atoms with E-state index in [4.69, 9.17) is 4.74 Å². The summed E-state index contributed by atoms with van der Waals surface area (Å²) in [6, 6.07) is 0. The molecule has 1 heterocycles. The third-order valence-corrected chi connectivity index (χ3v) is 2.81. The van der Waals surface area contributed by atoms with Crippen LogP contribution in [0, 0.1) is 6.92 Å². The number of aromatic nitrogens is 1. The van der Waals surface area contributed by atoms with Crippen LogP contribution in [0.4, 0.5) is 0 Å². The summed E-state index contributed by atoms with van der Waals surface area (Å²) in [7, 11) is 2.11. The second-order valence-electron chi connectivity index (χ2n) is 3.28. The van der Waals surface area contributed by atoms with Gasteiger partial charge in [-0.25, -0.2) is 4.98 Å². The van der Waals surface area contributed by atoms with Crippen LogP contribution in [0.3, 0.4) is 0 Å². The maximum absolute atomic E-state index is 5.29. The van der Waals surface area contributed by atoms with E-state index in [0.717, 1.165) is 31.3 Å². The number of rotatable bonds is 6. The second-order valence-corrected chi connectivity index (χ2v) is 4.60. The lowest BCUT2D eigenvalue weighted by Crippen LogP contribution is -2.22. The molecule has 0 unspecified atom stereocenters. The van der Waals surface area contributed by atoms with Crippen molar-refractivity contribution in [3.05, 3.63) is 16.1 Å². The number of ether oxygens (including phenoxy) is 1. The predicted molar refractivity (Wildman–Crippen MR) is 59.7 cm³/mol. The van der Waals surface area contributed by atoms with Crippen molar-refractivity contribution in [2.75, 3.05) is 26.8 Å². The highest BCUT2D eigenvalue weighted by atomic mass is 32.1. The van der Waals surface area contributed by atoms with Crippen molar-refractivity contribution in [3.63, 3.8) is 0 Å². The number of thiazole rings is 1. The molecule has 0 saturated carbocycles. The van der Waals surface area contributed by atoms with E-state index in [-0.39, 0.29) is 0 Å². The molecular formula is C10H18N2OS. The first kappa shape index (κ1) is 11.6. The summed E-state index contributed by atoms with van der Waals surface area (Å²) in [4.78, 5) is 7.80. The van der Waals surface area contributed by atoms with Crippen LogP contribution in [0.5, 0.6) is 0 Å². The molecule has 1 rings (SSSR count). The lowest BCUT2D eigenvalue weighted by Gasteiger charge is -2.14. The largest absolute Gasteiger partial charge is 0.380 e. The highest BCUT2D eigenvalue weighted by Gasteiger charge is 2.02. The minimum Gasteiger partial charge on any atom is -0.380 e. The molecule has 0 amide bonds. The van der Waals surface area contributed by atoms with Gasteiger partial charge in [0, 0.05) is 30.8 Å². The average molecular weight is 214 g/mol. The number of aryl methyl sites for hydroxylation is 1. The first-order valence-corrected chi connectivity index (χ1v) is 5.71. The fourth-order valence-electron chi connectivity index (χ4n) is 1.19. The molecule has 80 valence electrons. The van der Waals surface area contributed by atoms with Crippen LogP contribution < -0.4 is 0 Å². The van der Waals surface area contributed by atoms with Crippen molar-refractivity contribution < 1.29 is 4.74 Å². The van der Waals surface area contributed by atoms with Gasteiger partial charge in [0.1, 0.15) is 0 Å². The van der Waals surface area contributed by atoms with E-state index < -0.39 is 0 Å². The Balaban J connectivity index is 2.23. The van der Waals surface area contributed by atoms with Crippen molar-refractivity contribution in [1.29, 1.82) is 0 Å². The zero-order valence-electron chi connectivity index (χ0n) is 9.12. The summed E-state index contributed by atoms with van der Waals surface area (Å²) in [5.41, 5.74) is 0. The van der Waals surface area contributed by atoms with Crippen molar-refractivity contribution in [2.45, 2.75) is 20.4 Å². The molecule has 1 aromatic rings. The first-order valence-electron chi connectivity index (χ1n) is 4.90. The fourth-order valence-corrected chi connectivity index (χ4v) is 2.06. The quantitative estimate of drug-likeness (QED) is 0.676. The highest BCUT2D eigenvalue weighted by Crippen LogP contribution is 2.12. The van der Waals surface area contributed by atoms with Crippen molar-refractivity contribution in [1.82, 2.24) is 9.88 Å². The Morgan fingerprint density at radius 1 is 1.57 bits per heavy atom. The standard InChI is InChI=1S/C10H18N2OS/c1-4-13-6-5-12(3)8-10-7-11-9(2)14-10/h7H,4-6,8H2,1-3H3. The van der Waals surface area contributed by atoms with Gasteiger partial charge in [0.15, 0.2) is 0 Å². The smallest absolute Gasteiger partial charge is 0.0897 e. The lowest BCUT2D eigenvalue weighted by atomic mass is 10.5. The van der Waals surface area contributed by atoms with E-state index in [9.17, 15) is 0 Å². The van der Waals surface area contributed by atoms with Gasteiger partial charge < -0.3 is 4.74 Å². The van der Waals surface area contributed by atoms with Crippen LogP contribution in [-0.4, -0.2) is 36.7 Å². The Morgan fingerprint density at radius 3 is 2.93 bits per heavy atom. The topological polar surface area (TPSA) is 25.4 Å². The van der Waals surface area contributed by atoms with E-state index >= 15 is 0 Å². The highest BCUT2D eigenvalue weighted by molar-refractivity contribution is 7.11. The van der Waals surface area contributed by atoms with Crippen LogP contribution >= 0.6 is 11.3 Å². The summed E-state index contributed by atoms with van der Waals surface area (Å²) in [5.74, 6) is 0. The second kappa shape index (κ2) is 6.11. The van der Waals surface area contributed by atoms with E-state index in [1.165, 1.54) is 4.88 Å². The van der Waals surface area contributed by atoms with Gasteiger partial charge in [0.2, 0.25) is 0 Å². The molecule has 3 nitrogen and oxygen atoms in total. The Morgan fingerprint density at radius 2 is 2.36 bits per heavy atom. The zero-order valence-corrected chi connectivity index (χ0v) is 9.93. The molecule has 0 atom stereocenters. The van der Waals surface area contributed by atoms with E-state index in [0.29, 0.717) is 0 Å². The molecule has 0 bridgehead atoms.